The maximum atomic E-state index is 12.2. The molecule has 0 heterocycles. The van der Waals surface area contributed by atoms with Crippen molar-refractivity contribution in [3.8, 4) is 17.2 Å². The van der Waals surface area contributed by atoms with Crippen LogP contribution in [0.5, 0.6) is 17.2 Å². The maximum Gasteiger partial charge on any atom is 0.343 e. The molecule has 3 aromatic carbocycles. The number of benzene rings is 3. The highest BCUT2D eigenvalue weighted by Crippen LogP contribution is 2.19. The third-order valence-corrected chi connectivity index (χ3v) is 4.51. The van der Waals surface area contributed by atoms with E-state index >= 15 is 0 Å². The Morgan fingerprint density at radius 2 is 1.67 bits per heavy atom. The number of amides is 1. The van der Waals surface area contributed by atoms with Gasteiger partial charge >= 0.3 is 5.97 Å². The number of allylic oxidation sites excluding steroid dienone is 1. The molecule has 0 radical (unpaired) electrons. The van der Waals surface area contributed by atoms with Crippen molar-refractivity contribution in [2.24, 2.45) is 5.10 Å². The van der Waals surface area contributed by atoms with E-state index in [9.17, 15) is 9.59 Å². The van der Waals surface area contributed by atoms with E-state index in [1.165, 1.54) is 6.21 Å². The van der Waals surface area contributed by atoms with Crippen LogP contribution in [0, 0.1) is 0 Å². The van der Waals surface area contributed by atoms with Crippen molar-refractivity contribution in [3.05, 3.63) is 102 Å². The summed E-state index contributed by atoms with van der Waals surface area (Å²) in [5.41, 5.74) is 4.51. The molecule has 33 heavy (non-hydrogen) atoms. The molecule has 0 aromatic heterocycles. The summed E-state index contributed by atoms with van der Waals surface area (Å²) in [5.74, 6) is 0.831. The van der Waals surface area contributed by atoms with Gasteiger partial charge in [-0.3, -0.25) is 4.79 Å². The largest absolute Gasteiger partial charge is 0.497 e. The fourth-order valence-electron chi connectivity index (χ4n) is 2.84. The molecule has 0 aliphatic rings. The van der Waals surface area contributed by atoms with E-state index in [-0.39, 0.29) is 12.5 Å². The van der Waals surface area contributed by atoms with Gasteiger partial charge in [-0.25, -0.2) is 10.2 Å². The van der Waals surface area contributed by atoms with E-state index in [0.717, 1.165) is 11.1 Å². The summed E-state index contributed by atoms with van der Waals surface area (Å²) in [7, 11) is 1.56. The molecular weight excluding hydrogens is 420 g/mol. The molecule has 0 aliphatic heterocycles. The number of esters is 1. The first-order chi connectivity index (χ1) is 16.1. The predicted molar refractivity (Wildman–Crippen MR) is 126 cm³/mol. The van der Waals surface area contributed by atoms with Gasteiger partial charge in [0.15, 0.2) is 6.61 Å². The Kier molecular flexibility index (Phi) is 8.36. The summed E-state index contributed by atoms with van der Waals surface area (Å²) < 4.78 is 16.0. The Bertz CT molecular complexity index is 1120. The van der Waals surface area contributed by atoms with Gasteiger partial charge in [0.2, 0.25) is 0 Å². The van der Waals surface area contributed by atoms with Crippen LogP contribution in [-0.4, -0.2) is 31.8 Å². The lowest BCUT2D eigenvalue weighted by atomic mass is 10.1. The highest BCUT2D eigenvalue weighted by atomic mass is 16.5. The molecule has 0 saturated carbocycles. The zero-order chi connectivity index (χ0) is 23.5. The van der Waals surface area contributed by atoms with E-state index in [1.807, 2.05) is 18.2 Å². The van der Waals surface area contributed by atoms with Gasteiger partial charge < -0.3 is 14.2 Å². The Morgan fingerprint density at radius 3 is 2.36 bits per heavy atom. The molecule has 0 bridgehead atoms. The summed E-state index contributed by atoms with van der Waals surface area (Å²) in [6, 6.07) is 20.8. The Morgan fingerprint density at radius 1 is 0.970 bits per heavy atom. The smallest absolute Gasteiger partial charge is 0.343 e. The topological polar surface area (TPSA) is 86.2 Å². The zero-order valence-corrected chi connectivity index (χ0v) is 18.2. The van der Waals surface area contributed by atoms with Gasteiger partial charge in [0.05, 0.1) is 18.9 Å². The summed E-state index contributed by atoms with van der Waals surface area (Å²) in [5, 5.41) is 3.93. The number of carbonyl (C=O) groups excluding carboxylic acids is 2. The van der Waals surface area contributed by atoms with E-state index in [0.29, 0.717) is 29.2 Å². The molecular formula is C26H24N2O5. The lowest BCUT2D eigenvalue weighted by molar-refractivity contribution is -0.123. The molecule has 168 valence electrons. The number of para-hydroxylation sites is 1. The first kappa shape index (κ1) is 23.3. The Labute approximate surface area is 192 Å². The minimum atomic E-state index is -0.471. The van der Waals surface area contributed by atoms with Crippen LogP contribution in [0.15, 0.2) is 90.6 Å². The minimum Gasteiger partial charge on any atom is -0.497 e. The van der Waals surface area contributed by atoms with Gasteiger partial charge in [0.1, 0.15) is 17.2 Å². The number of nitrogens with one attached hydrogen (secondary N) is 1. The lowest BCUT2D eigenvalue weighted by Gasteiger charge is -2.09. The maximum absolute atomic E-state index is 12.2. The number of rotatable bonds is 10. The lowest BCUT2D eigenvalue weighted by Crippen LogP contribution is -2.24. The van der Waals surface area contributed by atoms with Crippen LogP contribution >= 0.6 is 0 Å². The molecule has 0 spiro atoms. The third-order valence-electron chi connectivity index (χ3n) is 4.51. The van der Waals surface area contributed by atoms with Gasteiger partial charge in [0.25, 0.3) is 5.91 Å². The zero-order valence-electron chi connectivity index (χ0n) is 18.2. The second kappa shape index (κ2) is 11.9. The predicted octanol–water partition coefficient (Wildman–Crippen LogP) is 4.17. The van der Waals surface area contributed by atoms with Crippen molar-refractivity contribution in [1.29, 1.82) is 0 Å². The van der Waals surface area contributed by atoms with Crippen LogP contribution in [0.4, 0.5) is 0 Å². The van der Waals surface area contributed by atoms with Crippen LogP contribution < -0.4 is 19.6 Å². The highest BCUT2D eigenvalue weighted by molar-refractivity contribution is 5.91. The first-order valence-electron chi connectivity index (χ1n) is 10.2. The minimum absolute atomic E-state index is 0.161. The normalized spacial score (nSPS) is 10.5. The number of methoxy groups -OCH3 is 1. The Balaban J connectivity index is 1.47. The molecule has 0 aliphatic carbocycles. The quantitative estimate of drug-likeness (QED) is 0.167. The summed E-state index contributed by atoms with van der Waals surface area (Å²) in [4.78, 5) is 24.2. The van der Waals surface area contributed by atoms with Crippen molar-refractivity contribution in [1.82, 2.24) is 5.43 Å². The van der Waals surface area contributed by atoms with E-state index in [2.05, 4.69) is 17.1 Å². The van der Waals surface area contributed by atoms with Gasteiger partial charge in [-0.1, -0.05) is 24.3 Å². The molecule has 1 amide bonds. The van der Waals surface area contributed by atoms with E-state index in [4.69, 9.17) is 14.2 Å². The number of hydrazone groups is 1. The molecule has 0 saturated heterocycles. The van der Waals surface area contributed by atoms with E-state index < -0.39 is 5.97 Å². The van der Waals surface area contributed by atoms with Gasteiger partial charge in [0, 0.05) is 0 Å². The van der Waals surface area contributed by atoms with Crippen molar-refractivity contribution < 1.29 is 23.8 Å². The molecule has 0 fully saturated rings. The number of hydrogen-bond donors (Lipinski definition) is 1. The molecule has 3 rings (SSSR count). The molecule has 7 nitrogen and oxygen atoms in total. The van der Waals surface area contributed by atoms with Crippen molar-refractivity contribution >= 4 is 18.1 Å². The number of nitrogens with zero attached hydrogens (tertiary/aromatic N) is 1. The molecule has 1 N–H and O–H groups in total. The fourth-order valence-corrected chi connectivity index (χ4v) is 2.84. The molecule has 3 aromatic rings. The van der Waals surface area contributed by atoms with Gasteiger partial charge in [-0.15, -0.1) is 6.58 Å². The Hall–Kier alpha value is -4.39. The van der Waals surface area contributed by atoms with Crippen LogP contribution in [0.3, 0.4) is 0 Å². The van der Waals surface area contributed by atoms with Crippen molar-refractivity contribution in [2.75, 3.05) is 13.7 Å². The fraction of sp³-hybridized carbons (Fsp3) is 0.115. The molecule has 0 atom stereocenters. The van der Waals surface area contributed by atoms with E-state index in [1.54, 1.807) is 67.8 Å². The van der Waals surface area contributed by atoms with Crippen molar-refractivity contribution in [2.45, 2.75) is 6.42 Å². The van der Waals surface area contributed by atoms with Crippen LogP contribution in [0.1, 0.15) is 21.5 Å². The number of hydrogen-bond acceptors (Lipinski definition) is 6. The average molecular weight is 444 g/mol. The van der Waals surface area contributed by atoms with Crippen LogP contribution in [-0.2, 0) is 11.2 Å². The third kappa shape index (κ3) is 7.07. The van der Waals surface area contributed by atoms with Crippen molar-refractivity contribution in [3.63, 3.8) is 0 Å². The average Bonchev–Trinajstić information content (AvgIpc) is 2.85. The summed E-state index contributed by atoms with van der Waals surface area (Å²) in [6.07, 6.45) is 3.91. The molecule has 0 unspecified atom stereocenters. The monoisotopic (exact) mass is 444 g/mol. The number of carbonyl (C=O) groups is 2. The van der Waals surface area contributed by atoms with Crippen LogP contribution in [0.25, 0.3) is 0 Å². The number of ether oxygens (including phenoxy) is 3. The summed E-state index contributed by atoms with van der Waals surface area (Å²) in [6.45, 7) is 3.56. The summed E-state index contributed by atoms with van der Waals surface area (Å²) >= 11 is 0. The van der Waals surface area contributed by atoms with Gasteiger partial charge in [-0.2, -0.15) is 5.10 Å². The first-order valence-corrected chi connectivity index (χ1v) is 10.2. The van der Waals surface area contributed by atoms with Crippen LogP contribution in [0.2, 0.25) is 0 Å². The highest BCUT2D eigenvalue weighted by Gasteiger charge is 2.09. The molecule has 7 heteroatoms. The second-order valence-electron chi connectivity index (χ2n) is 6.87. The van der Waals surface area contributed by atoms with Gasteiger partial charge in [-0.05, 0) is 72.1 Å². The second-order valence-corrected chi connectivity index (χ2v) is 6.87. The SMILES string of the molecule is C=CCc1ccccc1OCC(=O)N/N=C/c1ccc(OC(=O)c2ccc(OC)cc2)cc1. The standard InChI is InChI=1S/C26H24N2O5/c1-3-6-20-7-4-5-8-24(20)32-18-25(29)28-27-17-19-9-13-23(14-10-19)33-26(30)21-11-15-22(31-2)16-12-21/h3-5,7-17H,1,6,18H2,2H3,(H,28,29)/b27-17+.